The summed E-state index contributed by atoms with van der Waals surface area (Å²) in [5.74, 6) is -0.129. The monoisotopic (exact) mass is 266 g/mol. The largest absolute Gasteiger partial charge is 0.377 e. The zero-order chi connectivity index (χ0) is 13.7. The third-order valence-corrected chi connectivity index (χ3v) is 3.60. The number of ether oxygens (including phenoxy) is 1. The molecule has 1 atom stereocenters. The van der Waals surface area contributed by atoms with Crippen molar-refractivity contribution in [3.63, 3.8) is 0 Å². The number of hydrogen-bond acceptors (Lipinski definition) is 3. The first kappa shape index (κ1) is 14.3. The molecule has 1 heterocycles. The fourth-order valence-electron chi connectivity index (χ4n) is 2.47. The summed E-state index contributed by atoms with van der Waals surface area (Å²) in [6.45, 7) is 7.90. The molecule has 1 unspecified atom stereocenters. The summed E-state index contributed by atoms with van der Waals surface area (Å²) in [6.07, 6.45) is 0.971. The van der Waals surface area contributed by atoms with E-state index in [1.807, 2.05) is 19.1 Å². The van der Waals surface area contributed by atoms with Crippen molar-refractivity contribution in [3.8, 4) is 0 Å². The molecule has 0 saturated carbocycles. The van der Waals surface area contributed by atoms with Crippen molar-refractivity contribution in [1.82, 2.24) is 5.32 Å². The zero-order valence-electron chi connectivity index (χ0n) is 11.8. The van der Waals surface area contributed by atoms with Crippen LogP contribution >= 0.6 is 0 Å². The number of morpholine rings is 1. The molecule has 0 amide bonds. The van der Waals surface area contributed by atoms with Crippen LogP contribution in [-0.4, -0.2) is 32.3 Å². The lowest BCUT2D eigenvalue weighted by Crippen LogP contribution is -2.45. The molecule has 3 nitrogen and oxygen atoms in total. The van der Waals surface area contributed by atoms with Crippen molar-refractivity contribution in [2.75, 3.05) is 31.2 Å². The molecule has 0 aliphatic carbocycles. The summed E-state index contributed by atoms with van der Waals surface area (Å²) < 4.78 is 19.7. The topological polar surface area (TPSA) is 24.5 Å². The molecule has 1 aliphatic rings. The minimum atomic E-state index is -0.129. The zero-order valence-corrected chi connectivity index (χ0v) is 11.8. The van der Waals surface area contributed by atoms with Gasteiger partial charge in [-0.1, -0.05) is 19.9 Å². The summed E-state index contributed by atoms with van der Waals surface area (Å²) >= 11 is 0. The third kappa shape index (κ3) is 3.45. The Balaban J connectivity index is 2.14. The van der Waals surface area contributed by atoms with Crippen LogP contribution in [0.3, 0.4) is 0 Å². The van der Waals surface area contributed by atoms with Gasteiger partial charge >= 0.3 is 0 Å². The molecular formula is C15H23FN2O. The van der Waals surface area contributed by atoms with E-state index in [0.29, 0.717) is 25.4 Å². The Kier molecular flexibility index (Phi) is 5.16. The smallest absolute Gasteiger partial charge is 0.146 e. The fourth-order valence-corrected chi connectivity index (χ4v) is 2.47. The van der Waals surface area contributed by atoms with Crippen LogP contribution in [-0.2, 0) is 11.3 Å². The molecule has 0 spiro atoms. The van der Waals surface area contributed by atoms with E-state index in [0.717, 1.165) is 25.1 Å². The van der Waals surface area contributed by atoms with Crippen LogP contribution in [0, 0.1) is 5.82 Å². The number of rotatable bonds is 5. The van der Waals surface area contributed by atoms with Gasteiger partial charge in [-0.2, -0.15) is 0 Å². The van der Waals surface area contributed by atoms with Crippen molar-refractivity contribution in [2.24, 2.45) is 0 Å². The fraction of sp³-hybridized carbons (Fsp3) is 0.600. The molecule has 1 N–H and O–H groups in total. The lowest BCUT2D eigenvalue weighted by molar-refractivity contribution is 0.0926. The number of anilines is 1. The van der Waals surface area contributed by atoms with E-state index in [1.54, 1.807) is 6.07 Å². The lowest BCUT2D eigenvalue weighted by Gasteiger charge is -2.37. The highest BCUT2D eigenvalue weighted by molar-refractivity contribution is 5.50. The van der Waals surface area contributed by atoms with Crippen LogP contribution in [0.25, 0.3) is 0 Å². The standard InChI is InChI=1S/C15H23FN2O/c1-3-13-11-19-8-7-18(13)15-6-5-12(9-14(15)16)10-17-4-2/h5-6,9,13,17H,3-4,7-8,10-11H2,1-2H3. The first-order valence-corrected chi connectivity index (χ1v) is 7.09. The maximum atomic E-state index is 14.3. The van der Waals surface area contributed by atoms with Gasteiger partial charge in [0.25, 0.3) is 0 Å². The molecule has 2 rings (SSSR count). The Morgan fingerprint density at radius 2 is 2.26 bits per heavy atom. The average Bonchev–Trinajstić information content (AvgIpc) is 2.45. The van der Waals surface area contributed by atoms with E-state index < -0.39 is 0 Å². The van der Waals surface area contributed by atoms with Gasteiger partial charge in [0.1, 0.15) is 5.82 Å². The Hall–Kier alpha value is -1.13. The van der Waals surface area contributed by atoms with Gasteiger partial charge in [-0.25, -0.2) is 4.39 Å². The van der Waals surface area contributed by atoms with Crippen LogP contribution in [0.4, 0.5) is 10.1 Å². The number of hydrogen-bond donors (Lipinski definition) is 1. The second-order valence-electron chi connectivity index (χ2n) is 4.90. The quantitative estimate of drug-likeness (QED) is 0.886. The Labute approximate surface area is 114 Å². The van der Waals surface area contributed by atoms with Crippen molar-refractivity contribution >= 4 is 5.69 Å². The Morgan fingerprint density at radius 3 is 2.95 bits per heavy atom. The van der Waals surface area contributed by atoms with Gasteiger partial charge in [0, 0.05) is 13.1 Å². The maximum Gasteiger partial charge on any atom is 0.146 e. The molecule has 0 radical (unpaired) electrons. The van der Waals surface area contributed by atoms with E-state index in [1.165, 1.54) is 0 Å². The number of nitrogens with one attached hydrogen (secondary N) is 1. The van der Waals surface area contributed by atoms with Crippen LogP contribution in [0.15, 0.2) is 18.2 Å². The van der Waals surface area contributed by atoms with Crippen LogP contribution in [0.1, 0.15) is 25.8 Å². The van der Waals surface area contributed by atoms with Crippen molar-refractivity contribution in [2.45, 2.75) is 32.9 Å². The van der Waals surface area contributed by atoms with Gasteiger partial charge in [-0.3, -0.25) is 0 Å². The highest BCUT2D eigenvalue weighted by Crippen LogP contribution is 2.25. The van der Waals surface area contributed by atoms with E-state index in [-0.39, 0.29) is 11.9 Å². The summed E-state index contributed by atoms with van der Waals surface area (Å²) in [7, 11) is 0. The second-order valence-corrected chi connectivity index (χ2v) is 4.90. The minimum absolute atomic E-state index is 0.129. The predicted molar refractivity (Wildman–Crippen MR) is 76.0 cm³/mol. The van der Waals surface area contributed by atoms with Crippen LogP contribution < -0.4 is 10.2 Å². The molecule has 106 valence electrons. The normalized spacial score (nSPS) is 19.7. The van der Waals surface area contributed by atoms with Crippen molar-refractivity contribution < 1.29 is 9.13 Å². The lowest BCUT2D eigenvalue weighted by atomic mass is 10.1. The van der Waals surface area contributed by atoms with E-state index >= 15 is 0 Å². The number of benzene rings is 1. The third-order valence-electron chi connectivity index (χ3n) is 3.60. The highest BCUT2D eigenvalue weighted by atomic mass is 19.1. The first-order chi connectivity index (χ1) is 9.26. The van der Waals surface area contributed by atoms with Crippen molar-refractivity contribution in [1.29, 1.82) is 0 Å². The average molecular weight is 266 g/mol. The summed E-state index contributed by atoms with van der Waals surface area (Å²) in [5, 5.41) is 3.21. The molecular weight excluding hydrogens is 243 g/mol. The second kappa shape index (κ2) is 6.87. The highest BCUT2D eigenvalue weighted by Gasteiger charge is 2.23. The molecule has 4 heteroatoms. The van der Waals surface area contributed by atoms with Crippen molar-refractivity contribution in [3.05, 3.63) is 29.6 Å². The Morgan fingerprint density at radius 1 is 1.42 bits per heavy atom. The molecule has 1 aliphatic heterocycles. The summed E-state index contributed by atoms with van der Waals surface area (Å²) in [5.41, 5.74) is 1.69. The molecule has 1 aromatic carbocycles. The Bertz CT molecular complexity index is 411. The number of halogens is 1. The van der Waals surface area contributed by atoms with Gasteiger partial charge in [0.15, 0.2) is 0 Å². The van der Waals surface area contributed by atoms with Crippen LogP contribution in [0.5, 0.6) is 0 Å². The molecule has 0 aromatic heterocycles. The minimum Gasteiger partial charge on any atom is -0.377 e. The molecule has 0 bridgehead atoms. The van der Waals surface area contributed by atoms with Gasteiger partial charge in [0.05, 0.1) is 24.9 Å². The first-order valence-electron chi connectivity index (χ1n) is 7.09. The summed E-state index contributed by atoms with van der Waals surface area (Å²) in [6, 6.07) is 5.82. The van der Waals surface area contributed by atoms with Crippen LogP contribution in [0.2, 0.25) is 0 Å². The number of nitrogens with zero attached hydrogens (tertiary/aromatic N) is 1. The molecule has 1 fully saturated rings. The van der Waals surface area contributed by atoms with Gasteiger partial charge in [0.2, 0.25) is 0 Å². The SMILES string of the molecule is CCNCc1ccc(N2CCOCC2CC)c(F)c1. The molecule has 19 heavy (non-hydrogen) atoms. The van der Waals surface area contributed by atoms with E-state index in [4.69, 9.17) is 4.74 Å². The van der Waals surface area contributed by atoms with Gasteiger partial charge in [-0.15, -0.1) is 0 Å². The van der Waals surface area contributed by atoms with E-state index in [9.17, 15) is 4.39 Å². The molecule has 1 aromatic rings. The molecule has 1 saturated heterocycles. The van der Waals surface area contributed by atoms with Gasteiger partial charge < -0.3 is 15.0 Å². The van der Waals surface area contributed by atoms with Gasteiger partial charge in [-0.05, 0) is 30.7 Å². The summed E-state index contributed by atoms with van der Waals surface area (Å²) in [4.78, 5) is 2.13. The maximum absolute atomic E-state index is 14.3. The van der Waals surface area contributed by atoms with E-state index in [2.05, 4.69) is 17.1 Å². The predicted octanol–water partition coefficient (Wildman–Crippen LogP) is 2.55.